The quantitative estimate of drug-likeness (QED) is 0.539. The van der Waals surface area contributed by atoms with Gasteiger partial charge in [0.15, 0.2) is 0 Å². The zero-order valence-corrected chi connectivity index (χ0v) is 14.7. The first kappa shape index (κ1) is 17.0. The number of benzene rings is 1. The summed E-state index contributed by atoms with van der Waals surface area (Å²) in [6, 6.07) is 4.11. The molecule has 1 saturated heterocycles. The molecule has 116 valence electrons. The lowest BCUT2D eigenvalue weighted by Crippen LogP contribution is -2.62. The molecule has 0 bridgehead atoms. The first-order chi connectivity index (χ1) is 9.51. The lowest BCUT2D eigenvalue weighted by atomic mass is 9.78. The van der Waals surface area contributed by atoms with E-state index < -0.39 is 22.9 Å². The van der Waals surface area contributed by atoms with Crippen molar-refractivity contribution in [3.05, 3.63) is 33.1 Å². The smallest absolute Gasteiger partial charge is 0.302 e. The van der Waals surface area contributed by atoms with Gasteiger partial charge < -0.3 is 10.1 Å². The minimum Gasteiger partial charge on any atom is -0.363 e. The lowest BCUT2D eigenvalue weighted by Gasteiger charge is -2.43. The van der Waals surface area contributed by atoms with Crippen LogP contribution in [0.15, 0.2) is 18.2 Å². The Bertz CT molecular complexity index is 594. The van der Waals surface area contributed by atoms with Gasteiger partial charge >= 0.3 is 5.92 Å². The van der Waals surface area contributed by atoms with Gasteiger partial charge in [0.2, 0.25) is 0 Å². The minimum atomic E-state index is -3.38. The number of alkyl halides is 2. The van der Waals surface area contributed by atoms with Crippen LogP contribution in [-0.2, 0) is 10.3 Å². The summed E-state index contributed by atoms with van der Waals surface area (Å²) in [5.74, 6) is -4.09. The van der Waals surface area contributed by atoms with Crippen LogP contribution in [-0.4, -0.2) is 23.1 Å². The summed E-state index contributed by atoms with van der Waals surface area (Å²) < 4.78 is 50.2. The fraction of sp³-hybridized carbons (Fsp3) is 0.500. The van der Waals surface area contributed by atoms with E-state index in [4.69, 9.17) is 17.0 Å². The highest BCUT2D eigenvalue weighted by molar-refractivity contribution is 14.1. The van der Waals surface area contributed by atoms with Crippen molar-refractivity contribution in [2.45, 2.75) is 37.8 Å². The van der Waals surface area contributed by atoms with E-state index in [2.05, 4.69) is 5.32 Å². The lowest BCUT2D eigenvalue weighted by molar-refractivity contribution is -0.216. The standard InChI is InChI=1S/C14H15F3INOS/c1-12(2)14(16,17)13(3,19-11(21)7-20-12)9-6-8(18)4-5-10(9)15/h4-6H,7H2,1-3H3,(H,19,21). The fourth-order valence-electron chi connectivity index (χ4n) is 2.45. The second-order valence-electron chi connectivity index (χ2n) is 5.67. The predicted octanol–water partition coefficient (Wildman–Crippen LogP) is 4.01. The van der Waals surface area contributed by atoms with Crippen LogP contribution in [0.5, 0.6) is 0 Å². The summed E-state index contributed by atoms with van der Waals surface area (Å²) in [6.45, 7) is 3.70. The van der Waals surface area contributed by atoms with Gasteiger partial charge in [0.1, 0.15) is 21.9 Å². The Morgan fingerprint density at radius 3 is 2.52 bits per heavy atom. The number of hydrogen-bond donors (Lipinski definition) is 1. The van der Waals surface area contributed by atoms with Crippen molar-refractivity contribution in [3.8, 4) is 0 Å². The van der Waals surface area contributed by atoms with E-state index in [0.717, 1.165) is 0 Å². The molecule has 1 N–H and O–H groups in total. The van der Waals surface area contributed by atoms with Crippen LogP contribution < -0.4 is 5.32 Å². The molecule has 0 saturated carbocycles. The number of halogens is 4. The number of ether oxygens (including phenoxy) is 1. The first-order valence-electron chi connectivity index (χ1n) is 6.29. The van der Waals surface area contributed by atoms with Crippen LogP contribution in [0, 0.1) is 9.39 Å². The molecule has 1 heterocycles. The molecule has 7 heteroatoms. The van der Waals surface area contributed by atoms with Gasteiger partial charge in [-0.05, 0) is 61.6 Å². The van der Waals surface area contributed by atoms with Crippen molar-refractivity contribution in [1.29, 1.82) is 0 Å². The van der Waals surface area contributed by atoms with E-state index in [1.807, 2.05) is 22.6 Å². The molecule has 1 aromatic carbocycles. The maximum absolute atomic E-state index is 15.0. The molecule has 0 spiro atoms. The van der Waals surface area contributed by atoms with Crippen LogP contribution in [0.4, 0.5) is 13.2 Å². The van der Waals surface area contributed by atoms with Crippen LogP contribution in [0.25, 0.3) is 0 Å². The Hall–Kier alpha value is -0.410. The molecular weight excluding hydrogens is 414 g/mol. The van der Waals surface area contributed by atoms with Crippen molar-refractivity contribution in [2.75, 3.05) is 6.61 Å². The topological polar surface area (TPSA) is 21.3 Å². The van der Waals surface area contributed by atoms with Crippen LogP contribution >= 0.6 is 34.8 Å². The molecule has 0 aromatic heterocycles. The molecule has 1 aromatic rings. The Kier molecular flexibility index (Phi) is 4.31. The monoisotopic (exact) mass is 429 g/mol. The van der Waals surface area contributed by atoms with Crippen LogP contribution in [0.1, 0.15) is 26.3 Å². The largest absolute Gasteiger partial charge is 0.363 e. The maximum Gasteiger partial charge on any atom is 0.302 e. The van der Waals surface area contributed by atoms with Gasteiger partial charge in [-0.3, -0.25) is 0 Å². The summed E-state index contributed by atoms with van der Waals surface area (Å²) in [6.07, 6.45) is 0. The average Bonchev–Trinajstić information content (AvgIpc) is 2.43. The minimum absolute atomic E-state index is 0.125. The van der Waals surface area contributed by atoms with Crippen molar-refractivity contribution >= 4 is 39.8 Å². The third-order valence-corrected chi connectivity index (χ3v) is 4.70. The molecule has 1 fully saturated rings. The number of rotatable bonds is 1. The van der Waals surface area contributed by atoms with Gasteiger partial charge in [-0.15, -0.1) is 0 Å². The third kappa shape index (κ3) is 2.68. The predicted molar refractivity (Wildman–Crippen MR) is 87.2 cm³/mol. The molecule has 0 radical (unpaired) electrons. The van der Waals surface area contributed by atoms with E-state index in [1.54, 1.807) is 0 Å². The molecular formula is C14H15F3INOS. The Balaban J connectivity index is 2.70. The summed E-state index contributed by atoms with van der Waals surface area (Å²) >= 11 is 6.99. The third-order valence-electron chi connectivity index (χ3n) is 3.80. The SMILES string of the molecule is CC1(C)OCC(=S)NC(C)(c2cc(I)ccc2F)C1(F)F. The van der Waals surface area contributed by atoms with Gasteiger partial charge in [0, 0.05) is 9.13 Å². The Morgan fingerprint density at radius 1 is 1.29 bits per heavy atom. The number of nitrogens with one attached hydrogen (secondary N) is 1. The maximum atomic E-state index is 15.0. The molecule has 1 aliphatic heterocycles. The van der Waals surface area contributed by atoms with Crippen LogP contribution in [0.2, 0.25) is 0 Å². The van der Waals surface area contributed by atoms with E-state index in [-0.39, 0.29) is 17.2 Å². The second-order valence-corrected chi connectivity index (χ2v) is 7.41. The summed E-state index contributed by atoms with van der Waals surface area (Å²) in [5, 5.41) is 2.60. The summed E-state index contributed by atoms with van der Waals surface area (Å²) in [7, 11) is 0. The van der Waals surface area contributed by atoms with E-state index in [1.165, 1.54) is 39.0 Å². The fourth-order valence-corrected chi connectivity index (χ4v) is 3.20. The zero-order chi connectivity index (χ0) is 16.1. The Morgan fingerprint density at radius 2 is 1.90 bits per heavy atom. The van der Waals surface area contributed by atoms with Gasteiger partial charge in [-0.25, -0.2) is 13.2 Å². The normalized spacial score (nSPS) is 27.9. The van der Waals surface area contributed by atoms with Crippen molar-refractivity contribution < 1.29 is 17.9 Å². The van der Waals surface area contributed by atoms with Crippen molar-refractivity contribution in [1.82, 2.24) is 5.32 Å². The van der Waals surface area contributed by atoms with E-state index in [9.17, 15) is 4.39 Å². The Labute approximate surface area is 140 Å². The summed E-state index contributed by atoms with van der Waals surface area (Å²) in [4.78, 5) is 0.126. The highest BCUT2D eigenvalue weighted by Crippen LogP contribution is 2.48. The van der Waals surface area contributed by atoms with Gasteiger partial charge in [0.25, 0.3) is 0 Å². The van der Waals surface area contributed by atoms with E-state index >= 15 is 8.78 Å². The number of hydrogen-bond acceptors (Lipinski definition) is 2. The highest BCUT2D eigenvalue weighted by Gasteiger charge is 2.64. The molecule has 1 atom stereocenters. The molecule has 21 heavy (non-hydrogen) atoms. The van der Waals surface area contributed by atoms with Crippen LogP contribution in [0.3, 0.4) is 0 Å². The van der Waals surface area contributed by atoms with Crippen molar-refractivity contribution in [3.63, 3.8) is 0 Å². The van der Waals surface area contributed by atoms with Gasteiger partial charge in [-0.1, -0.05) is 12.2 Å². The molecule has 2 nitrogen and oxygen atoms in total. The molecule has 1 unspecified atom stereocenters. The highest BCUT2D eigenvalue weighted by atomic mass is 127. The first-order valence-corrected chi connectivity index (χ1v) is 7.78. The molecule has 1 aliphatic rings. The molecule has 0 amide bonds. The zero-order valence-electron chi connectivity index (χ0n) is 11.8. The number of thiocarbonyl (C=S) groups is 1. The van der Waals surface area contributed by atoms with Gasteiger partial charge in [0.05, 0.1) is 6.61 Å². The average molecular weight is 429 g/mol. The van der Waals surface area contributed by atoms with E-state index in [0.29, 0.717) is 3.57 Å². The second kappa shape index (κ2) is 5.34. The van der Waals surface area contributed by atoms with Gasteiger partial charge in [-0.2, -0.15) is 0 Å². The molecule has 0 aliphatic carbocycles. The summed E-state index contributed by atoms with van der Waals surface area (Å²) in [5.41, 5.74) is -3.90. The molecule has 2 rings (SSSR count). The van der Waals surface area contributed by atoms with Crippen molar-refractivity contribution in [2.24, 2.45) is 0 Å².